The topological polar surface area (TPSA) is 72.3 Å². The van der Waals surface area contributed by atoms with Crippen molar-refractivity contribution < 1.29 is 9.53 Å². The summed E-state index contributed by atoms with van der Waals surface area (Å²) in [6.45, 7) is 4.64. The number of aryl methyl sites for hydroxylation is 2. The molecular formula is C18H25N5O2. The maximum atomic E-state index is 12.2. The van der Waals surface area contributed by atoms with Gasteiger partial charge in [-0.25, -0.2) is 0 Å². The van der Waals surface area contributed by atoms with Crippen molar-refractivity contribution >= 4 is 11.6 Å². The van der Waals surface area contributed by atoms with E-state index in [1.807, 2.05) is 38.5 Å². The SMILES string of the molecule is Cc1nn(C)cc1NC(=O)CN1CCC(OCc2cccnc2)CC1. The molecule has 7 heteroatoms. The summed E-state index contributed by atoms with van der Waals surface area (Å²) in [5.74, 6) is 0.00540. The van der Waals surface area contributed by atoms with Gasteiger partial charge in [-0.3, -0.25) is 19.4 Å². The summed E-state index contributed by atoms with van der Waals surface area (Å²) >= 11 is 0. The molecular weight excluding hydrogens is 318 g/mol. The Bertz CT molecular complexity index is 693. The first-order valence-electron chi connectivity index (χ1n) is 8.63. The van der Waals surface area contributed by atoms with Crippen LogP contribution in [0, 0.1) is 6.92 Å². The zero-order valence-electron chi connectivity index (χ0n) is 14.8. The fourth-order valence-electron chi connectivity index (χ4n) is 3.05. The van der Waals surface area contributed by atoms with E-state index in [1.165, 1.54) is 0 Å². The lowest BCUT2D eigenvalue weighted by Crippen LogP contribution is -2.41. The number of piperidine rings is 1. The van der Waals surface area contributed by atoms with Gasteiger partial charge in [-0.1, -0.05) is 6.07 Å². The number of carbonyl (C=O) groups excluding carboxylic acids is 1. The molecule has 134 valence electrons. The van der Waals surface area contributed by atoms with Crippen LogP contribution >= 0.6 is 0 Å². The van der Waals surface area contributed by atoms with Crippen LogP contribution in [0.25, 0.3) is 0 Å². The summed E-state index contributed by atoms with van der Waals surface area (Å²) in [5.41, 5.74) is 2.71. The number of hydrogen-bond donors (Lipinski definition) is 1. The number of rotatable bonds is 6. The van der Waals surface area contributed by atoms with Gasteiger partial charge in [-0.2, -0.15) is 5.10 Å². The molecule has 3 rings (SSSR count). The Morgan fingerprint density at radius 1 is 1.40 bits per heavy atom. The Hall–Kier alpha value is -2.25. The maximum Gasteiger partial charge on any atom is 0.238 e. The van der Waals surface area contributed by atoms with Crippen LogP contribution in [-0.2, 0) is 23.2 Å². The lowest BCUT2D eigenvalue weighted by Gasteiger charge is -2.31. The normalized spacial score (nSPS) is 16.1. The highest BCUT2D eigenvalue weighted by molar-refractivity contribution is 5.92. The molecule has 1 amide bonds. The first kappa shape index (κ1) is 17.6. The number of nitrogens with one attached hydrogen (secondary N) is 1. The van der Waals surface area contributed by atoms with E-state index in [0.29, 0.717) is 13.2 Å². The molecule has 0 saturated carbocycles. The lowest BCUT2D eigenvalue weighted by molar-refractivity contribution is -0.118. The van der Waals surface area contributed by atoms with E-state index >= 15 is 0 Å². The number of hydrogen-bond acceptors (Lipinski definition) is 5. The number of aromatic nitrogens is 3. The number of carbonyl (C=O) groups is 1. The first-order valence-corrected chi connectivity index (χ1v) is 8.63. The van der Waals surface area contributed by atoms with E-state index in [0.717, 1.165) is 42.9 Å². The van der Waals surface area contributed by atoms with Crippen molar-refractivity contribution in [3.63, 3.8) is 0 Å². The van der Waals surface area contributed by atoms with Crippen LogP contribution in [0.5, 0.6) is 0 Å². The Morgan fingerprint density at radius 2 is 2.20 bits per heavy atom. The van der Waals surface area contributed by atoms with Gasteiger partial charge in [0.1, 0.15) is 0 Å². The number of likely N-dealkylation sites (tertiary alicyclic amines) is 1. The van der Waals surface area contributed by atoms with E-state index in [2.05, 4.69) is 20.3 Å². The Kier molecular flexibility index (Phi) is 5.78. The summed E-state index contributed by atoms with van der Waals surface area (Å²) in [6, 6.07) is 3.94. The molecule has 2 aromatic rings. The second-order valence-electron chi connectivity index (χ2n) is 6.50. The number of nitrogens with zero attached hydrogens (tertiary/aromatic N) is 4. The summed E-state index contributed by atoms with van der Waals surface area (Å²) in [4.78, 5) is 18.5. The molecule has 1 aliphatic rings. The van der Waals surface area contributed by atoms with Gasteiger partial charge in [0.05, 0.1) is 30.6 Å². The van der Waals surface area contributed by atoms with Crippen molar-refractivity contribution in [3.05, 3.63) is 42.0 Å². The predicted octanol–water partition coefficient (Wildman–Crippen LogP) is 1.74. The molecule has 0 unspecified atom stereocenters. The standard InChI is InChI=1S/C18H25N5O2/c1-14-17(11-22(2)21-14)20-18(24)12-23-8-5-16(6-9-23)25-13-15-4-3-7-19-10-15/h3-4,7,10-11,16H,5-6,8-9,12-13H2,1-2H3,(H,20,24). The van der Waals surface area contributed by atoms with Gasteiger partial charge in [0, 0.05) is 38.7 Å². The fraction of sp³-hybridized carbons (Fsp3) is 0.500. The van der Waals surface area contributed by atoms with Crippen molar-refractivity contribution in [1.82, 2.24) is 19.7 Å². The predicted molar refractivity (Wildman–Crippen MR) is 95.1 cm³/mol. The van der Waals surface area contributed by atoms with Crippen LogP contribution in [0.3, 0.4) is 0 Å². The van der Waals surface area contributed by atoms with Crippen molar-refractivity contribution in [2.75, 3.05) is 25.0 Å². The number of amides is 1. The van der Waals surface area contributed by atoms with Crippen LogP contribution in [-0.4, -0.2) is 51.3 Å². The van der Waals surface area contributed by atoms with Gasteiger partial charge >= 0.3 is 0 Å². The number of ether oxygens (including phenoxy) is 1. The second-order valence-corrected chi connectivity index (χ2v) is 6.50. The molecule has 0 atom stereocenters. The summed E-state index contributed by atoms with van der Waals surface area (Å²) in [7, 11) is 1.85. The van der Waals surface area contributed by atoms with Crippen molar-refractivity contribution in [1.29, 1.82) is 0 Å². The highest BCUT2D eigenvalue weighted by atomic mass is 16.5. The largest absolute Gasteiger partial charge is 0.373 e. The summed E-state index contributed by atoms with van der Waals surface area (Å²) < 4.78 is 7.66. The van der Waals surface area contributed by atoms with Crippen molar-refractivity contribution in [2.24, 2.45) is 7.05 Å². The monoisotopic (exact) mass is 343 g/mol. The smallest absolute Gasteiger partial charge is 0.238 e. The van der Waals surface area contributed by atoms with Crippen LogP contribution in [0.1, 0.15) is 24.1 Å². The summed E-state index contributed by atoms with van der Waals surface area (Å²) in [6.07, 6.45) is 7.56. The average Bonchev–Trinajstić information content (AvgIpc) is 2.92. The van der Waals surface area contributed by atoms with Gasteiger partial charge in [0.15, 0.2) is 0 Å². The molecule has 1 N–H and O–H groups in total. The third-order valence-corrected chi connectivity index (χ3v) is 4.40. The van der Waals surface area contributed by atoms with E-state index in [-0.39, 0.29) is 12.0 Å². The second kappa shape index (κ2) is 8.22. The summed E-state index contributed by atoms with van der Waals surface area (Å²) in [5, 5.41) is 7.17. The maximum absolute atomic E-state index is 12.2. The minimum atomic E-state index is 0.00540. The van der Waals surface area contributed by atoms with Gasteiger partial charge in [0.25, 0.3) is 0 Å². The Labute approximate surface area is 148 Å². The van der Waals surface area contributed by atoms with E-state index in [9.17, 15) is 4.79 Å². The minimum absolute atomic E-state index is 0.00540. The minimum Gasteiger partial charge on any atom is -0.373 e. The molecule has 0 bridgehead atoms. The van der Waals surface area contributed by atoms with E-state index in [4.69, 9.17) is 4.74 Å². The fourth-order valence-corrected chi connectivity index (χ4v) is 3.05. The molecule has 1 saturated heterocycles. The first-order chi connectivity index (χ1) is 12.1. The van der Waals surface area contributed by atoms with Gasteiger partial charge in [0.2, 0.25) is 5.91 Å². The molecule has 0 aliphatic carbocycles. The quantitative estimate of drug-likeness (QED) is 0.865. The van der Waals surface area contributed by atoms with Gasteiger partial charge < -0.3 is 10.1 Å². The van der Waals surface area contributed by atoms with Gasteiger partial charge in [-0.05, 0) is 31.4 Å². The third kappa shape index (κ3) is 5.11. The lowest BCUT2D eigenvalue weighted by atomic mass is 10.1. The molecule has 0 spiro atoms. The highest BCUT2D eigenvalue weighted by Gasteiger charge is 2.21. The zero-order chi connectivity index (χ0) is 17.6. The molecule has 0 radical (unpaired) electrons. The van der Waals surface area contributed by atoms with Gasteiger partial charge in [-0.15, -0.1) is 0 Å². The van der Waals surface area contributed by atoms with E-state index in [1.54, 1.807) is 10.9 Å². The molecule has 7 nitrogen and oxygen atoms in total. The van der Waals surface area contributed by atoms with E-state index < -0.39 is 0 Å². The molecule has 2 aromatic heterocycles. The third-order valence-electron chi connectivity index (χ3n) is 4.40. The molecule has 3 heterocycles. The van der Waals surface area contributed by atoms with Crippen molar-refractivity contribution in [2.45, 2.75) is 32.5 Å². The Balaban J connectivity index is 1.38. The molecule has 25 heavy (non-hydrogen) atoms. The molecule has 0 aromatic carbocycles. The highest BCUT2D eigenvalue weighted by Crippen LogP contribution is 2.16. The zero-order valence-corrected chi connectivity index (χ0v) is 14.8. The number of pyridine rings is 1. The van der Waals surface area contributed by atoms with Crippen LogP contribution in [0.4, 0.5) is 5.69 Å². The molecule has 1 fully saturated rings. The van der Waals surface area contributed by atoms with Crippen LogP contribution in [0.15, 0.2) is 30.7 Å². The average molecular weight is 343 g/mol. The van der Waals surface area contributed by atoms with Crippen molar-refractivity contribution in [3.8, 4) is 0 Å². The molecule has 1 aliphatic heterocycles. The Morgan fingerprint density at radius 3 is 2.84 bits per heavy atom. The van der Waals surface area contributed by atoms with Crippen LogP contribution in [0.2, 0.25) is 0 Å². The van der Waals surface area contributed by atoms with Crippen LogP contribution < -0.4 is 5.32 Å². The number of anilines is 1.